The Morgan fingerprint density at radius 3 is 2.33 bits per heavy atom. The third-order valence-electron chi connectivity index (χ3n) is 6.75. The first-order valence-electron chi connectivity index (χ1n) is 13.9. The highest BCUT2D eigenvalue weighted by atomic mass is 19.1. The number of aliphatic imine (C=N–C) groups is 4. The summed E-state index contributed by atoms with van der Waals surface area (Å²) in [6.07, 6.45) is 1.48. The summed E-state index contributed by atoms with van der Waals surface area (Å²) in [6, 6.07) is 12.8. The number of halogens is 1. The van der Waals surface area contributed by atoms with E-state index in [-0.39, 0.29) is 12.1 Å². The van der Waals surface area contributed by atoms with Crippen LogP contribution in [-0.2, 0) is 4.74 Å². The van der Waals surface area contributed by atoms with Crippen LogP contribution < -0.4 is 10.1 Å². The fourth-order valence-electron chi connectivity index (χ4n) is 4.16. The first kappa shape index (κ1) is 30.9. The van der Waals surface area contributed by atoms with Crippen LogP contribution in [0.15, 0.2) is 69.0 Å². The van der Waals surface area contributed by atoms with Crippen LogP contribution in [0.5, 0.6) is 5.75 Å². The van der Waals surface area contributed by atoms with E-state index in [0.29, 0.717) is 54.1 Å². The number of methoxy groups -OCH3 is 1. The maximum Gasteiger partial charge on any atom is 0.163 e. The van der Waals surface area contributed by atoms with Crippen molar-refractivity contribution in [3.63, 3.8) is 0 Å². The van der Waals surface area contributed by atoms with Gasteiger partial charge in [0.15, 0.2) is 11.7 Å². The Hall–Kier alpha value is -3.65. The van der Waals surface area contributed by atoms with Crippen LogP contribution in [0, 0.1) is 17.7 Å². The molecule has 0 fully saturated rings. The Kier molecular flexibility index (Phi) is 11.3. The van der Waals surface area contributed by atoms with Gasteiger partial charge in [0.1, 0.15) is 23.5 Å². The average Bonchev–Trinajstić information content (AvgIpc) is 2.89. The Balaban J connectivity index is 1.58. The van der Waals surface area contributed by atoms with Crippen LogP contribution in [0.1, 0.15) is 64.2 Å². The van der Waals surface area contributed by atoms with Gasteiger partial charge in [0.05, 0.1) is 12.6 Å². The van der Waals surface area contributed by atoms with Gasteiger partial charge in [-0.2, -0.15) is 0 Å². The summed E-state index contributed by atoms with van der Waals surface area (Å²) in [5, 5.41) is 3.28. The summed E-state index contributed by atoms with van der Waals surface area (Å²) in [6.45, 7) is 19.0. The number of amidine groups is 3. The van der Waals surface area contributed by atoms with Gasteiger partial charge in [0, 0.05) is 48.4 Å². The second-order valence-electron chi connectivity index (χ2n) is 10.5. The molecule has 0 amide bonds. The lowest BCUT2D eigenvalue weighted by molar-refractivity contribution is 0.155. The molecule has 40 heavy (non-hydrogen) atoms. The van der Waals surface area contributed by atoms with Crippen molar-refractivity contribution in [1.82, 2.24) is 5.32 Å². The highest BCUT2D eigenvalue weighted by Gasteiger charge is 2.18. The molecule has 0 radical (unpaired) electrons. The van der Waals surface area contributed by atoms with E-state index in [1.165, 1.54) is 6.07 Å². The van der Waals surface area contributed by atoms with Crippen molar-refractivity contribution in [2.45, 2.75) is 59.6 Å². The first-order valence-corrected chi connectivity index (χ1v) is 13.9. The van der Waals surface area contributed by atoms with E-state index in [1.807, 2.05) is 24.3 Å². The number of hydrogen-bond acceptors (Lipinski definition) is 6. The fourth-order valence-corrected chi connectivity index (χ4v) is 4.16. The standard InChI is InChI=1S/C32H42FN5O2/c1-9-25(40-26-13-10-23(11-14-26)32-37-30(38-32)21(4)5)16-17-35-31(34-7)24-12-15-27(28(33)18-24)22(6)36-29(19-39-8)20(2)3/h10-15,18,20-21,25,29,36H,6-7,9,16-17,19H2,1-5,8H3. The van der Waals surface area contributed by atoms with Crippen molar-refractivity contribution in [3.05, 3.63) is 71.6 Å². The molecular weight excluding hydrogens is 505 g/mol. The van der Waals surface area contributed by atoms with E-state index in [0.717, 1.165) is 29.4 Å². The van der Waals surface area contributed by atoms with E-state index in [4.69, 9.17) is 9.47 Å². The Bertz CT molecular complexity index is 1260. The van der Waals surface area contributed by atoms with Crippen LogP contribution in [0.3, 0.4) is 0 Å². The highest BCUT2D eigenvalue weighted by molar-refractivity contribution is 6.18. The zero-order chi connectivity index (χ0) is 29.2. The van der Waals surface area contributed by atoms with E-state index in [1.54, 1.807) is 19.2 Å². The van der Waals surface area contributed by atoms with E-state index >= 15 is 4.39 Å². The van der Waals surface area contributed by atoms with Gasteiger partial charge < -0.3 is 14.8 Å². The maximum atomic E-state index is 15.1. The minimum absolute atomic E-state index is 0.0261. The van der Waals surface area contributed by atoms with Crippen molar-refractivity contribution in [2.75, 3.05) is 20.3 Å². The van der Waals surface area contributed by atoms with Gasteiger partial charge >= 0.3 is 0 Å². The molecule has 0 saturated carbocycles. The smallest absolute Gasteiger partial charge is 0.163 e. The minimum Gasteiger partial charge on any atom is -0.490 e. The number of rotatable bonds is 15. The van der Waals surface area contributed by atoms with Crippen molar-refractivity contribution >= 4 is 29.9 Å². The van der Waals surface area contributed by atoms with Gasteiger partial charge in [-0.25, -0.2) is 19.4 Å². The lowest BCUT2D eigenvalue weighted by Gasteiger charge is -2.24. The lowest BCUT2D eigenvalue weighted by Crippen LogP contribution is -2.36. The summed E-state index contributed by atoms with van der Waals surface area (Å²) >= 11 is 0. The van der Waals surface area contributed by atoms with Crippen molar-refractivity contribution in [1.29, 1.82) is 0 Å². The zero-order valence-corrected chi connectivity index (χ0v) is 24.6. The van der Waals surface area contributed by atoms with Crippen LogP contribution >= 0.6 is 0 Å². The van der Waals surface area contributed by atoms with E-state index in [2.05, 4.69) is 73.2 Å². The Labute approximate surface area is 238 Å². The van der Waals surface area contributed by atoms with Crippen LogP contribution in [0.4, 0.5) is 4.39 Å². The van der Waals surface area contributed by atoms with Gasteiger partial charge in [-0.05, 0) is 55.5 Å². The largest absolute Gasteiger partial charge is 0.490 e. The molecule has 1 aliphatic heterocycles. The van der Waals surface area contributed by atoms with E-state index in [9.17, 15) is 0 Å². The summed E-state index contributed by atoms with van der Waals surface area (Å²) in [5.74, 6) is 3.06. The number of benzene rings is 2. The van der Waals surface area contributed by atoms with Crippen molar-refractivity contribution in [3.8, 4) is 5.75 Å². The second kappa shape index (κ2) is 14.7. The molecule has 0 saturated heterocycles. The normalized spacial score (nSPS) is 14.8. The molecule has 0 aromatic heterocycles. The Morgan fingerprint density at radius 2 is 1.77 bits per heavy atom. The number of hydrogen-bond donors (Lipinski definition) is 1. The molecule has 8 heteroatoms. The molecule has 2 aromatic rings. The molecule has 2 aromatic carbocycles. The van der Waals surface area contributed by atoms with Crippen LogP contribution in [-0.4, -0.2) is 56.6 Å². The number of nitrogens with zero attached hydrogens (tertiary/aromatic N) is 4. The molecule has 2 unspecified atom stereocenters. The maximum absolute atomic E-state index is 15.1. The summed E-state index contributed by atoms with van der Waals surface area (Å²) in [4.78, 5) is 17.6. The van der Waals surface area contributed by atoms with E-state index < -0.39 is 5.82 Å². The fraction of sp³-hybridized carbons (Fsp3) is 0.438. The third kappa shape index (κ3) is 8.18. The minimum atomic E-state index is -0.400. The molecular formula is C32H42FN5O2. The molecule has 7 nitrogen and oxygen atoms in total. The summed E-state index contributed by atoms with van der Waals surface area (Å²) < 4.78 is 26.5. The molecule has 1 heterocycles. The molecule has 2 atom stereocenters. The molecule has 0 bridgehead atoms. The quantitative estimate of drug-likeness (QED) is 0.202. The molecule has 1 aliphatic rings. The molecule has 0 spiro atoms. The van der Waals surface area contributed by atoms with Gasteiger partial charge in [-0.1, -0.05) is 47.3 Å². The first-order chi connectivity index (χ1) is 19.2. The zero-order valence-electron chi connectivity index (χ0n) is 24.6. The molecule has 3 rings (SSSR count). The molecule has 214 valence electrons. The average molecular weight is 548 g/mol. The van der Waals surface area contributed by atoms with Crippen LogP contribution in [0.2, 0.25) is 0 Å². The lowest BCUT2D eigenvalue weighted by atomic mass is 10.0. The highest BCUT2D eigenvalue weighted by Crippen LogP contribution is 2.22. The van der Waals surface area contributed by atoms with Gasteiger partial charge in [-0.15, -0.1) is 0 Å². The van der Waals surface area contributed by atoms with Gasteiger partial charge in [0.2, 0.25) is 0 Å². The summed E-state index contributed by atoms with van der Waals surface area (Å²) in [7, 11) is 1.65. The predicted octanol–water partition coefficient (Wildman–Crippen LogP) is 6.57. The van der Waals surface area contributed by atoms with Gasteiger partial charge in [0.25, 0.3) is 0 Å². The molecule has 1 N–H and O–H groups in total. The van der Waals surface area contributed by atoms with Crippen molar-refractivity contribution < 1.29 is 13.9 Å². The Morgan fingerprint density at radius 1 is 1.07 bits per heavy atom. The second-order valence-corrected chi connectivity index (χ2v) is 10.5. The predicted molar refractivity (Wildman–Crippen MR) is 165 cm³/mol. The van der Waals surface area contributed by atoms with Crippen LogP contribution in [0.25, 0.3) is 5.70 Å². The SMILES string of the molecule is C=NC(=NCCC(CC)Oc1ccc(C2=NC(C(C)C)=N2)cc1)c1ccc(C(=C)NC(COC)C(C)C)c(F)c1. The monoisotopic (exact) mass is 547 g/mol. The third-order valence-corrected chi connectivity index (χ3v) is 6.75. The molecule has 0 aliphatic carbocycles. The van der Waals surface area contributed by atoms with Gasteiger partial charge in [-0.3, -0.25) is 4.99 Å². The topological polar surface area (TPSA) is 79.9 Å². The number of ether oxygens (including phenoxy) is 2. The van der Waals surface area contributed by atoms with Crippen molar-refractivity contribution in [2.24, 2.45) is 31.8 Å². The number of nitrogens with one attached hydrogen (secondary N) is 1. The summed E-state index contributed by atoms with van der Waals surface area (Å²) in [5.41, 5.74) is 2.45.